The third kappa shape index (κ3) is 4.60. The van der Waals surface area contributed by atoms with Gasteiger partial charge < -0.3 is 5.32 Å². The Bertz CT molecular complexity index is 379. The van der Waals surface area contributed by atoms with Crippen molar-refractivity contribution in [2.24, 2.45) is 11.8 Å². The van der Waals surface area contributed by atoms with E-state index in [0.717, 1.165) is 30.7 Å². The molecule has 19 heavy (non-hydrogen) atoms. The number of rotatable bonds is 8. The minimum atomic E-state index is 0.397. The number of hydrogen-bond donors (Lipinski definition) is 1. The van der Waals surface area contributed by atoms with Gasteiger partial charge in [0, 0.05) is 18.5 Å². The molecule has 0 bridgehead atoms. The lowest BCUT2D eigenvalue weighted by Gasteiger charge is -2.20. The van der Waals surface area contributed by atoms with E-state index in [1.54, 1.807) is 6.33 Å². The van der Waals surface area contributed by atoms with Gasteiger partial charge in [-0.1, -0.05) is 13.8 Å². The molecule has 0 aromatic carbocycles. The molecule has 1 unspecified atom stereocenters. The zero-order valence-electron chi connectivity index (χ0n) is 12.8. The van der Waals surface area contributed by atoms with E-state index in [-0.39, 0.29) is 0 Å². The molecule has 2 rings (SSSR count). The van der Waals surface area contributed by atoms with Crippen LogP contribution in [-0.2, 0) is 6.42 Å². The van der Waals surface area contributed by atoms with Gasteiger partial charge in [-0.05, 0) is 51.5 Å². The number of nitrogens with zero attached hydrogens (tertiary/aromatic N) is 3. The van der Waals surface area contributed by atoms with Crippen LogP contribution in [0.15, 0.2) is 6.33 Å². The number of hydrogen-bond acceptors (Lipinski definition) is 3. The van der Waals surface area contributed by atoms with Crippen molar-refractivity contribution in [3.63, 3.8) is 0 Å². The second-order valence-corrected chi connectivity index (χ2v) is 6.60. The summed E-state index contributed by atoms with van der Waals surface area (Å²) >= 11 is 0. The minimum absolute atomic E-state index is 0.397. The Morgan fingerprint density at radius 3 is 2.63 bits per heavy atom. The fourth-order valence-electron chi connectivity index (χ4n) is 2.64. The van der Waals surface area contributed by atoms with E-state index >= 15 is 0 Å². The van der Waals surface area contributed by atoms with Crippen molar-refractivity contribution in [3.8, 4) is 0 Å². The van der Waals surface area contributed by atoms with Gasteiger partial charge in [-0.3, -0.25) is 0 Å². The molecule has 1 atom stereocenters. The van der Waals surface area contributed by atoms with Crippen LogP contribution in [0.2, 0.25) is 0 Å². The summed E-state index contributed by atoms with van der Waals surface area (Å²) < 4.78 is 2.06. The molecule has 108 valence electrons. The standard InChI is InChI=1S/C15H28N4/c1-11(2)7-13(9-16-14-5-6-14)8-15-17-10-18-19(15)12(3)4/h10-14,16H,5-9H2,1-4H3. The van der Waals surface area contributed by atoms with Crippen LogP contribution in [0.25, 0.3) is 0 Å². The Balaban J connectivity index is 1.94. The average Bonchev–Trinajstić information content (AvgIpc) is 3.04. The Kier molecular flexibility index (Phi) is 4.97. The van der Waals surface area contributed by atoms with E-state index in [4.69, 9.17) is 0 Å². The van der Waals surface area contributed by atoms with Crippen molar-refractivity contribution >= 4 is 0 Å². The molecular weight excluding hydrogens is 236 g/mol. The molecule has 4 heteroatoms. The predicted octanol–water partition coefficient (Wildman–Crippen LogP) is 2.82. The van der Waals surface area contributed by atoms with E-state index in [1.165, 1.54) is 19.3 Å². The van der Waals surface area contributed by atoms with Crippen LogP contribution in [0.1, 0.15) is 58.8 Å². The van der Waals surface area contributed by atoms with Gasteiger partial charge in [-0.2, -0.15) is 5.10 Å². The molecule has 4 nitrogen and oxygen atoms in total. The van der Waals surface area contributed by atoms with Crippen LogP contribution in [0.3, 0.4) is 0 Å². The summed E-state index contributed by atoms with van der Waals surface area (Å²) in [5, 5.41) is 8.01. The summed E-state index contributed by atoms with van der Waals surface area (Å²) in [6, 6.07) is 1.19. The SMILES string of the molecule is CC(C)CC(CNC1CC1)Cc1ncnn1C(C)C. The maximum atomic E-state index is 4.45. The zero-order chi connectivity index (χ0) is 13.8. The zero-order valence-corrected chi connectivity index (χ0v) is 12.8. The van der Waals surface area contributed by atoms with Gasteiger partial charge in [0.25, 0.3) is 0 Å². The highest BCUT2D eigenvalue weighted by molar-refractivity contribution is 4.91. The molecule has 1 saturated carbocycles. The van der Waals surface area contributed by atoms with Gasteiger partial charge in [0.15, 0.2) is 0 Å². The molecule has 0 saturated heterocycles. The Labute approximate surface area is 117 Å². The third-order valence-corrected chi connectivity index (χ3v) is 3.68. The van der Waals surface area contributed by atoms with Crippen LogP contribution < -0.4 is 5.32 Å². The third-order valence-electron chi connectivity index (χ3n) is 3.68. The number of nitrogens with one attached hydrogen (secondary N) is 1. The maximum absolute atomic E-state index is 4.45. The molecule has 1 aromatic rings. The van der Waals surface area contributed by atoms with Crippen LogP contribution in [-0.4, -0.2) is 27.4 Å². The van der Waals surface area contributed by atoms with Gasteiger partial charge in [0.05, 0.1) is 0 Å². The summed E-state index contributed by atoms with van der Waals surface area (Å²) in [4.78, 5) is 4.45. The summed E-state index contributed by atoms with van der Waals surface area (Å²) in [6.45, 7) is 10.1. The molecule has 1 aliphatic rings. The van der Waals surface area contributed by atoms with Gasteiger partial charge >= 0.3 is 0 Å². The second-order valence-electron chi connectivity index (χ2n) is 6.60. The summed E-state index contributed by atoms with van der Waals surface area (Å²) in [5.41, 5.74) is 0. The van der Waals surface area contributed by atoms with E-state index in [9.17, 15) is 0 Å². The molecule has 1 aromatic heterocycles. The molecule has 0 amide bonds. The van der Waals surface area contributed by atoms with Crippen molar-refractivity contribution in [3.05, 3.63) is 12.2 Å². The monoisotopic (exact) mass is 264 g/mol. The molecule has 0 spiro atoms. The van der Waals surface area contributed by atoms with Gasteiger partial charge in [0.1, 0.15) is 12.2 Å². The smallest absolute Gasteiger partial charge is 0.138 e. The Morgan fingerprint density at radius 1 is 1.32 bits per heavy atom. The molecule has 1 N–H and O–H groups in total. The first kappa shape index (κ1) is 14.5. The Morgan fingerprint density at radius 2 is 2.05 bits per heavy atom. The fraction of sp³-hybridized carbons (Fsp3) is 0.867. The highest BCUT2D eigenvalue weighted by Gasteiger charge is 2.23. The van der Waals surface area contributed by atoms with Crippen molar-refractivity contribution in [1.82, 2.24) is 20.1 Å². The van der Waals surface area contributed by atoms with E-state index < -0.39 is 0 Å². The van der Waals surface area contributed by atoms with E-state index in [1.807, 2.05) is 0 Å². The highest BCUT2D eigenvalue weighted by Crippen LogP contribution is 2.22. The van der Waals surface area contributed by atoms with Gasteiger partial charge in [0.2, 0.25) is 0 Å². The van der Waals surface area contributed by atoms with Gasteiger partial charge in [-0.25, -0.2) is 9.67 Å². The lowest BCUT2D eigenvalue weighted by atomic mass is 9.93. The first-order chi connectivity index (χ1) is 9.06. The quantitative estimate of drug-likeness (QED) is 0.785. The summed E-state index contributed by atoms with van der Waals surface area (Å²) in [6.07, 6.45) is 6.70. The first-order valence-electron chi connectivity index (χ1n) is 7.68. The number of aromatic nitrogens is 3. The highest BCUT2D eigenvalue weighted by atomic mass is 15.3. The largest absolute Gasteiger partial charge is 0.314 e. The lowest BCUT2D eigenvalue weighted by molar-refractivity contribution is 0.366. The summed E-state index contributed by atoms with van der Waals surface area (Å²) in [7, 11) is 0. The van der Waals surface area contributed by atoms with Crippen molar-refractivity contribution < 1.29 is 0 Å². The first-order valence-corrected chi connectivity index (χ1v) is 7.68. The molecule has 0 aliphatic heterocycles. The lowest BCUT2D eigenvalue weighted by Crippen LogP contribution is -2.28. The fourth-order valence-corrected chi connectivity index (χ4v) is 2.64. The van der Waals surface area contributed by atoms with E-state index in [0.29, 0.717) is 12.0 Å². The van der Waals surface area contributed by atoms with Crippen molar-refractivity contribution in [1.29, 1.82) is 0 Å². The minimum Gasteiger partial charge on any atom is -0.314 e. The molecule has 1 fully saturated rings. The maximum Gasteiger partial charge on any atom is 0.138 e. The van der Waals surface area contributed by atoms with Crippen LogP contribution in [0, 0.1) is 11.8 Å². The van der Waals surface area contributed by atoms with Gasteiger partial charge in [-0.15, -0.1) is 0 Å². The predicted molar refractivity (Wildman–Crippen MR) is 78.1 cm³/mol. The van der Waals surface area contributed by atoms with E-state index in [2.05, 4.69) is 47.8 Å². The van der Waals surface area contributed by atoms with Crippen molar-refractivity contribution in [2.75, 3.05) is 6.54 Å². The topological polar surface area (TPSA) is 42.7 Å². The molecule has 1 heterocycles. The van der Waals surface area contributed by atoms with Crippen LogP contribution in [0.5, 0.6) is 0 Å². The second kappa shape index (κ2) is 6.51. The molecule has 0 radical (unpaired) electrons. The normalized spacial score (nSPS) is 17.4. The van der Waals surface area contributed by atoms with Crippen LogP contribution >= 0.6 is 0 Å². The average molecular weight is 264 g/mol. The Hall–Kier alpha value is -0.900. The van der Waals surface area contributed by atoms with Crippen LogP contribution in [0.4, 0.5) is 0 Å². The molecular formula is C15H28N4. The van der Waals surface area contributed by atoms with Crippen molar-refractivity contribution in [2.45, 2.75) is 65.5 Å². The summed E-state index contributed by atoms with van der Waals surface area (Å²) in [5.74, 6) is 2.54. The molecule has 1 aliphatic carbocycles.